The van der Waals surface area contributed by atoms with Crippen molar-refractivity contribution in [2.75, 3.05) is 26.7 Å². The Balaban J connectivity index is 1.54. The Morgan fingerprint density at radius 2 is 1.82 bits per heavy atom. The third-order valence-electron chi connectivity index (χ3n) is 6.68. The number of methoxy groups -OCH3 is 1. The van der Waals surface area contributed by atoms with Gasteiger partial charge >= 0.3 is 0 Å². The maximum Gasteiger partial charge on any atom is 0.219 e. The number of carbonyl (C=O) groups excluding carboxylic acids is 1. The van der Waals surface area contributed by atoms with Gasteiger partial charge in [0.2, 0.25) is 5.91 Å². The van der Waals surface area contributed by atoms with E-state index in [0.717, 1.165) is 30.9 Å². The van der Waals surface area contributed by atoms with Crippen LogP contribution in [0.5, 0.6) is 5.75 Å². The molecule has 5 nitrogen and oxygen atoms in total. The van der Waals surface area contributed by atoms with Crippen molar-refractivity contribution in [2.45, 2.75) is 25.9 Å². The van der Waals surface area contributed by atoms with E-state index in [4.69, 9.17) is 4.74 Å². The second-order valence-corrected chi connectivity index (χ2v) is 8.97. The summed E-state index contributed by atoms with van der Waals surface area (Å²) >= 11 is 0. The van der Waals surface area contributed by atoms with E-state index in [2.05, 4.69) is 47.0 Å². The predicted octanol–water partition coefficient (Wildman–Crippen LogP) is 4.44. The van der Waals surface area contributed by atoms with Crippen LogP contribution in [0, 0.1) is 11.7 Å². The molecule has 1 aromatic heterocycles. The standard InChI is InChI=1S/C27H32FN3O2/c1-20(32)31(15-21-6-10-24(28)11-7-21)17-23-16-30(18-25-5-4-14-29(25)2)19-27(23)22-8-12-26(33-3)13-9-22/h4-14,23,27H,15-19H2,1-3H3/t23-,27-/m0/s1. The summed E-state index contributed by atoms with van der Waals surface area (Å²) in [5.41, 5.74) is 3.48. The van der Waals surface area contributed by atoms with E-state index >= 15 is 0 Å². The SMILES string of the molecule is COc1ccc([C@@H]2CN(Cc3cccn3C)C[C@H]2CN(Cc2ccc(F)cc2)C(C)=O)cc1. The van der Waals surface area contributed by atoms with Gasteiger partial charge < -0.3 is 14.2 Å². The number of hydrogen-bond donors (Lipinski definition) is 0. The Morgan fingerprint density at radius 3 is 2.42 bits per heavy atom. The predicted molar refractivity (Wildman–Crippen MR) is 127 cm³/mol. The molecule has 3 aromatic rings. The van der Waals surface area contributed by atoms with Crippen molar-refractivity contribution >= 4 is 5.91 Å². The van der Waals surface area contributed by atoms with Gasteiger partial charge in [0.15, 0.2) is 0 Å². The normalized spacial score (nSPS) is 18.4. The number of rotatable bonds is 8. The van der Waals surface area contributed by atoms with Crippen molar-refractivity contribution in [3.8, 4) is 5.75 Å². The minimum atomic E-state index is -0.264. The average molecular weight is 450 g/mol. The van der Waals surface area contributed by atoms with Gasteiger partial charge in [-0.3, -0.25) is 9.69 Å². The zero-order valence-electron chi connectivity index (χ0n) is 19.6. The summed E-state index contributed by atoms with van der Waals surface area (Å²) in [5, 5.41) is 0. The van der Waals surface area contributed by atoms with Crippen LogP contribution in [0.25, 0.3) is 0 Å². The van der Waals surface area contributed by atoms with Crippen LogP contribution >= 0.6 is 0 Å². The molecule has 33 heavy (non-hydrogen) atoms. The molecule has 1 aliphatic heterocycles. The lowest BCUT2D eigenvalue weighted by atomic mass is 9.88. The van der Waals surface area contributed by atoms with E-state index in [1.54, 1.807) is 26.2 Å². The molecule has 1 aliphatic rings. The maximum atomic E-state index is 13.3. The van der Waals surface area contributed by atoms with E-state index in [1.165, 1.54) is 23.4 Å². The van der Waals surface area contributed by atoms with Gasteiger partial charge in [0.25, 0.3) is 0 Å². The summed E-state index contributed by atoms with van der Waals surface area (Å²) in [6.07, 6.45) is 2.07. The molecule has 2 heterocycles. The summed E-state index contributed by atoms with van der Waals surface area (Å²) < 4.78 is 20.8. The molecule has 0 radical (unpaired) electrons. The topological polar surface area (TPSA) is 37.7 Å². The molecule has 0 unspecified atom stereocenters. The number of aryl methyl sites for hydroxylation is 1. The second kappa shape index (κ2) is 10.2. The monoisotopic (exact) mass is 449 g/mol. The largest absolute Gasteiger partial charge is 0.497 e. The Morgan fingerprint density at radius 1 is 1.09 bits per heavy atom. The van der Waals surface area contributed by atoms with Gasteiger partial charge in [0.1, 0.15) is 11.6 Å². The fraction of sp³-hybridized carbons (Fsp3) is 0.370. The number of nitrogens with zero attached hydrogens (tertiary/aromatic N) is 3. The third-order valence-corrected chi connectivity index (χ3v) is 6.68. The number of halogens is 1. The number of amides is 1. The highest BCUT2D eigenvalue weighted by Gasteiger charge is 2.35. The van der Waals surface area contributed by atoms with E-state index in [9.17, 15) is 9.18 Å². The number of hydrogen-bond acceptors (Lipinski definition) is 3. The fourth-order valence-corrected chi connectivity index (χ4v) is 4.79. The van der Waals surface area contributed by atoms with Gasteiger partial charge in [-0.15, -0.1) is 0 Å². The van der Waals surface area contributed by atoms with Gasteiger partial charge in [-0.1, -0.05) is 24.3 Å². The third kappa shape index (κ3) is 5.63. The Bertz CT molecular complexity index is 1060. The molecule has 0 bridgehead atoms. The zero-order chi connectivity index (χ0) is 23.4. The number of ether oxygens (including phenoxy) is 1. The van der Waals surface area contributed by atoms with Crippen molar-refractivity contribution in [2.24, 2.45) is 13.0 Å². The number of carbonyl (C=O) groups is 1. The Hall–Kier alpha value is -3.12. The van der Waals surface area contributed by atoms with Crippen molar-refractivity contribution in [3.05, 3.63) is 89.5 Å². The molecule has 0 N–H and O–H groups in total. The molecule has 0 spiro atoms. The van der Waals surface area contributed by atoms with Gasteiger partial charge in [-0.2, -0.15) is 0 Å². The molecule has 0 saturated carbocycles. The van der Waals surface area contributed by atoms with Crippen molar-refractivity contribution in [1.29, 1.82) is 0 Å². The first-order chi connectivity index (χ1) is 15.9. The fourth-order valence-electron chi connectivity index (χ4n) is 4.79. The van der Waals surface area contributed by atoms with E-state index in [-0.39, 0.29) is 11.7 Å². The Labute approximate surface area is 195 Å². The molecular formula is C27H32FN3O2. The summed E-state index contributed by atoms with van der Waals surface area (Å²) in [5.74, 6) is 1.22. The first-order valence-corrected chi connectivity index (χ1v) is 11.4. The van der Waals surface area contributed by atoms with Crippen LogP contribution in [-0.4, -0.2) is 47.0 Å². The van der Waals surface area contributed by atoms with Gasteiger partial charge in [0.05, 0.1) is 7.11 Å². The lowest BCUT2D eigenvalue weighted by Gasteiger charge is -2.28. The molecule has 4 rings (SSSR count). The van der Waals surface area contributed by atoms with Crippen LogP contribution in [0.2, 0.25) is 0 Å². The van der Waals surface area contributed by atoms with Crippen LogP contribution in [0.3, 0.4) is 0 Å². The summed E-state index contributed by atoms with van der Waals surface area (Å²) in [7, 11) is 3.75. The van der Waals surface area contributed by atoms with Crippen molar-refractivity contribution < 1.29 is 13.9 Å². The summed E-state index contributed by atoms with van der Waals surface area (Å²) in [4.78, 5) is 16.9. The maximum absolute atomic E-state index is 13.3. The van der Waals surface area contributed by atoms with Crippen molar-refractivity contribution in [1.82, 2.24) is 14.4 Å². The number of benzene rings is 2. The minimum absolute atomic E-state index is 0.0358. The highest BCUT2D eigenvalue weighted by molar-refractivity contribution is 5.73. The number of aromatic nitrogens is 1. The molecule has 6 heteroatoms. The number of likely N-dealkylation sites (tertiary alicyclic amines) is 1. The molecular weight excluding hydrogens is 417 g/mol. The Kier molecular flexibility index (Phi) is 7.14. The molecule has 1 fully saturated rings. The van der Waals surface area contributed by atoms with Crippen LogP contribution in [0.4, 0.5) is 4.39 Å². The zero-order valence-corrected chi connectivity index (χ0v) is 19.6. The lowest BCUT2D eigenvalue weighted by molar-refractivity contribution is -0.130. The lowest BCUT2D eigenvalue weighted by Crippen LogP contribution is -2.35. The molecule has 0 aliphatic carbocycles. The van der Waals surface area contributed by atoms with Gasteiger partial charge in [-0.25, -0.2) is 4.39 Å². The van der Waals surface area contributed by atoms with Crippen LogP contribution in [0.1, 0.15) is 29.7 Å². The van der Waals surface area contributed by atoms with Gasteiger partial charge in [0, 0.05) is 64.5 Å². The van der Waals surface area contributed by atoms with Gasteiger partial charge in [-0.05, 0) is 53.4 Å². The first-order valence-electron chi connectivity index (χ1n) is 11.4. The molecule has 2 aromatic carbocycles. The molecule has 174 valence electrons. The van der Waals surface area contributed by atoms with Crippen LogP contribution in [-0.2, 0) is 24.9 Å². The van der Waals surface area contributed by atoms with Crippen LogP contribution in [0.15, 0.2) is 66.9 Å². The quantitative estimate of drug-likeness (QED) is 0.510. The smallest absolute Gasteiger partial charge is 0.219 e. The van der Waals surface area contributed by atoms with Crippen LogP contribution < -0.4 is 4.74 Å². The molecule has 1 saturated heterocycles. The average Bonchev–Trinajstić information content (AvgIpc) is 3.40. The molecule has 2 atom stereocenters. The first kappa shape index (κ1) is 23.1. The van der Waals surface area contributed by atoms with Crippen molar-refractivity contribution in [3.63, 3.8) is 0 Å². The highest BCUT2D eigenvalue weighted by Crippen LogP contribution is 2.35. The second-order valence-electron chi connectivity index (χ2n) is 8.97. The summed E-state index contributed by atoms with van der Waals surface area (Å²) in [6.45, 7) is 5.49. The highest BCUT2D eigenvalue weighted by atomic mass is 19.1. The molecule has 1 amide bonds. The van der Waals surface area contributed by atoms with E-state index < -0.39 is 0 Å². The summed E-state index contributed by atoms with van der Waals surface area (Å²) in [6, 6.07) is 18.9. The van der Waals surface area contributed by atoms with E-state index in [0.29, 0.717) is 24.9 Å². The van der Waals surface area contributed by atoms with E-state index in [1.807, 2.05) is 17.0 Å². The minimum Gasteiger partial charge on any atom is -0.497 e.